The van der Waals surface area contributed by atoms with Crippen molar-refractivity contribution in [2.45, 2.75) is 25.7 Å². The maximum absolute atomic E-state index is 10.9. The highest BCUT2D eigenvalue weighted by molar-refractivity contribution is 7.96. The highest BCUT2D eigenvalue weighted by Gasteiger charge is 2.12. The maximum Gasteiger partial charge on any atom is 0.313 e. The van der Waals surface area contributed by atoms with E-state index in [1.165, 1.54) is 0 Å². The summed E-state index contributed by atoms with van der Waals surface area (Å²) in [5.41, 5.74) is 0. The summed E-state index contributed by atoms with van der Waals surface area (Å²) in [6.07, 6.45) is -0.548. The molecule has 0 saturated heterocycles. The van der Waals surface area contributed by atoms with Crippen molar-refractivity contribution < 1.29 is 23.9 Å². The number of esters is 2. The van der Waals surface area contributed by atoms with Crippen molar-refractivity contribution in [3.63, 3.8) is 0 Å². The molecule has 0 amide bonds. The summed E-state index contributed by atoms with van der Waals surface area (Å²) >= 11 is 6.89. The van der Waals surface area contributed by atoms with Gasteiger partial charge in [0.1, 0.15) is 0 Å². The third-order valence-electron chi connectivity index (χ3n) is 1.31. The Balaban J connectivity index is 3.71. The van der Waals surface area contributed by atoms with Crippen LogP contribution in [0.25, 0.3) is 0 Å². The molecule has 0 N–H and O–H groups in total. The Hall–Kier alpha value is -0.820. The molecule has 0 aromatic heterocycles. The van der Waals surface area contributed by atoms with Crippen LogP contribution in [-0.2, 0) is 23.9 Å². The van der Waals surface area contributed by atoms with Crippen LogP contribution < -0.4 is 0 Å². The molecule has 15 heavy (non-hydrogen) atoms. The van der Waals surface area contributed by atoms with Crippen LogP contribution in [0.5, 0.6) is 0 Å². The predicted molar refractivity (Wildman–Crippen MR) is 57.6 cm³/mol. The van der Waals surface area contributed by atoms with Gasteiger partial charge in [-0.25, -0.2) is 0 Å². The van der Waals surface area contributed by atoms with Gasteiger partial charge >= 0.3 is 11.9 Å². The van der Waals surface area contributed by atoms with E-state index in [-0.39, 0.29) is 25.7 Å². The summed E-state index contributed by atoms with van der Waals surface area (Å²) in [6, 6.07) is 0. The molecule has 0 saturated carbocycles. The molecule has 84 valence electrons. The normalized spacial score (nSPS) is 9.47. The Kier molecular flexibility index (Phi) is 7.06. The molecule has 0 rings (SSSR count). The van der Waals surface area contributed by atoms with E-state index in [1.807, 2.05) is 0 Å². The van der Waals surface area contributed by atoms with E-state index < -0.39 is 22.2 Å². The van der Waals surface area contributed by atoms with Crippen molar-refractivity contribution in [3.8, 4) is 0 Å². The van der Waals surface area contributed by atoms with Gasteiger partial charge in [0.15, 0.2) is 10.2 Å². The quantitative estimate of drug-likeness (QED) is 0.408. The SMILES string of the molecule is O=C(S)CCC(=O)OC(=O)CCC(=O)S. The number of ether oxygens (including phenoxy) is 1. The molecule has 0 heterocycles. The number of hydrogen-bond acceptors (Lipinski definition) is 5. The van der Waals surface area contributed by atoms with Crippen molar-refractivity contribution in [1.82, 2.24) is 0 Å². The van der Waals surface area contributed by atoms with Crippen LogP contribution in [0.2, 0.25) is 0 Å². The Labute approximate surface area is 97.4 Å². The minimum atomic E-state index is -0.797. The van der Waals surface area contributed by atoms with Crippen LogP contribution in [0.15, 0.2) is 0 Å². The summed E-state index contributed by atoms with van der Waals surface area (Å²) in [5.74, 6) is -1.59. The fourth-order valence-corrected chi connectivity index (χ4v) is 0.871. The molecule has 0 radical (unpaired) electrons. The van der Waals surface area contributed by atoms with E-state index in [9.17, 15) is 19.2 Å². The van der Waals surface area contributed by atoms with Crippen molar-refractivity contribution in [2.75, 3.05) is 0 Å². The van der Waals surface area contributed by atoms with Crippen LogP contribution in [0.3, 0.4) is 0 Å². The molecule has 0 aromatic rings. The monoisotopic (exact) mass is 250 g/mol. The van der Waals surface area contributed by atoms with E-state index in [4.69, 9.17) is 0 Å². The van der Waals surface area contributed by atoms with Crippen molar-refractivity contribution in [1.29, 1.82) is 0 Å². The maximum atomic E-state index is 10.9. The van der Waals surface area contributed by atoms with Crippen LogP contribution >= 0.6 is 25.3 Å². The molecule has 0 aromatic carbocycles. The number of carbonyl (C=O) groups excluding carboxylic acids is 4. The van der Waals surface area contributed by atoms with Gasteiger partial charge in [-0.15, -0.1) is 25.3 Å². The molecular formula is C8H10O5S2. The van der Waals surface area contributed by atoms with Crippen molar-refractivity contribution >= 4 is 47.4 Å². The predicted octanol–water partition coefficient (Wildman–Crippen LogP) is 0.529. The summed E-state index contributed by atoms with van der Waals surface area (Å²) in [5, 5.41) is -0.908. The molecule has 0 bridgehead atoms. The molecule has 0 atom stereocenters. The standard InChI is InChI=1S/C8H10O5S2/c9-5(1-3-7(11)14)13-6(10)2-4-8(12)15/h1-4H2,(H,11,14)(H,12,15). The van der Waals surface area contributed by atoms with Gasteiger partial charge in [0.2, 0.25) is 0 Å². The van der Waals surface area contributed by atoms with Crippen molar-refractivity contribution in [2.24, 2.45) is 0 Å². The van der Waals surface area contributed by atoms with Gasteiger partial charge in [-0.05, 0) is 0 Å². The summed E-state index contributed by atoms with van der Waals surface area (Å²) < 4.78 is 4.30. The van der Waals surface area contributed by atoms with E-state index >= 15 is 0 Å². The summed E-state index contributed by atoms with van der Waals surface area (Å²) in [4.78, 5) is 42.5. The number of rotatable bonds is 6. The summed E-state index contributed by atoms with van der Waals surface area (Å²) in [6.45, 7) is 0. The van der Waals surface area contributed by atoms with Crippen LogP contribution in [0.1, 0.15) is 25.7 Å². The Morgan fingerprint density at radius 2 is 1.07 bits per heavy atom. The van der Waals surface area contributed by atoms with Gasteiger partial charge < -0.3 is 4.74 Å². The fourth-order valence-electron chi connectivity index (χ4n) is 0.647. The molecule has 0 fully saturated rings. The van der Waals surface area contributed by atoms with Gasteiger partial charge in [0.05, 0.1) is 12.8 Å². The highest BCUT2D eigenvalue weighted by Crippen LogP contribution is 2.01. The lowest BCUT2D eigenvalue weighted by Gasteiger charge is -2.00. The van der Waals surface area contributed by atoms with Crippen LogP contribution in [-0.4, -0.2) is 22.2 Å². The third kappa shape index (κ3) is 9.48. The Bertz CT molecular complexity index is 259. The average Bonchev–Trinajstić information content (AvgIpc) is 2.11. The average molecular weight is 250 g/mol. The molecule has 7 heteroatoms. The molecule has 0 unspecified atom stereocenters. The van der Waals surface area contributed by atoms with Gasteiger partial charge in [-0.3, -0.25) is 19.2 Å². The number of thiol groups is 2. The second kappa shape index (κ2) is 7.47. The molecule has 0 spiro atoms. The van der Waals surface area contributed by atoms with Gasteiger partial charge in [-0.1, -0.05) is 0 Å². The zero-order chi connectivity index (χ0) is 11.8. The minimum Gasteiger partial charge on any atom is -0.393 e. The van der Waals surface area contributed by atoms with E-state index in [0.29, 0.717) is 0 Å². The van der Waals surface area contributed by atoms with E-state index in [1.54, 1.807) is 0 Å². The number of carbonyl (C=O) groups is 4. The lowest BCUT2D eigenvalue weighted by Crippen LogP contribution is -2.13. The lowest BCUT2D eigenvalue weighted by molar-refractivity contribution is -0.160. The van der Waals surface area contributed by atoms with Gasteiger partial charge in [-0.2, -0.15) is 0 Å². The van der Waals surface area contributed by atoms with Crippen LogP contribution in [0, 0.1) is 0 Å². The second-order valence-electron chi connectivity index (χ2n) is 2.63. The van der Waals surface area contributed by atoms with E-state index in [0.717, 1.165) is 0 Å². The molecule has 0 aliphatic rings. The largest absolute Gasteiger partial charge is 0.393 e. The first-order valence-corrected chi connectivity index (χ1v) is 4.98. The molecule has 5 nitrogen and oxygen atoms in total. The minimum absolute atomic E-state index is 0.0826. The second-order valence-corrected chi connectivity index (χ2v) is 3.63. The molecule has 0 aliphatic heterocycles. The van der Waals surface area contributed by atoms with Crippen LogP contribution in [0.4, 0.5) is 0 Å². The van der Waals surface area contributed by atoms with Crippen molar-refractivity contribution in [3.05, 3.63) is 0 Å². The first-order valence-electron chi connectivity index (χ1n) is 4.09. The topological polar surface area (TPSA) is 77.5 Å². The highest BCUT2D eigenvalue weighted by atomic mass is 32.1. The first-order chi connectivity index (χ1) is 6.91. The third-order valence-corrected chi connectivity index (χ3v) is 1.76. The Morgan fingerprint density at radius 1 is 0.733 bits per heavy atom. The zero-order valence-corrected chi connectivity index (χ0v) is 9.55. The first kappa shape index (κ1) is 14.2. The van der Waals surface area contributed by atoms with E-state index in [2.05, 4.69) is 30.0 Å². The zero-order valence-electron chi connectivity index (χ0n) is 7.76. The van der Waals surface area contributed by atoms with Gasteiger partial charge in [0, 0.05) is 12.8 Å². The summed E-state index contributed by atoms with van der Waals surface area (Å²) in [7, 11) is 0. The van der Waals surface area contributed by atoms with Gasteiger partial charge in [0.25, 0.3) is 0 Å². The smallest absolute Gasteiger partial charge is 0.313 e. The molecule has 0 aliphatic carbocycles. The lowest BCUT2D eigenvalue weighted by atomic mass is 10.3. The Morgan fingerprint density at radius 3 is 1.33 bits per heavy atom. The molecular weight excluding hydrogens is 240 g/mol. The number of hydrogen-bond donors (Lipinski definition) is 2. The fraction of sp³-hybridized carbons (Fsp3) is 0.500.